The summed E-state index contributed by atoms with van der Waals surface area (Å²) in [5.41, 5.74) is 4.51. The number of piperidine rings is 1. The minimum atomic E-state index is 0.603. The molecule has 1 atom stereocenters. The van der Waals surface area contributed by atoms with Crippen LogP contribution in [0.3, 0.4) is 0 Å². The lowest BCUT2D eigenvalue weighted by Crippen LogP contribution is -2.32. The summed E-state index contributed by atoms with van der Waals surface area (Å²) in [6, 6.07) is 7.55. The summed E-state index contributed by atoms with van der Waals surface area (Å²) in [5, 5.41) is 3.78. The zero-order valence-corrected chi connectivity index (χ0v) is 12.8. The van der Waals surface area contributed by atoms with E-state index in [0.717, 1.165) is 6.54 Å². The Labute approximate surface area is 123 Å². The smallest absolute Gasteiger partial charge is 0.0326 e. The number of rotatable bonds is 5. The molecule has 0 spiro atoms. The van der Waals surface area contributed by atoms with Crippen molar-refractivity contribution in [2.24, 2.45) is 0 Å². The minimum absolute atomic E-state index is 0.603. The van der Waals surface area contributed by atoms with Gasteiger partial charge in [-0.2, -0.15) is 0 Å². The molecular formula is C18H28N2. The van der Waals surface area contributed by atoms with Crippen molar-refractivity contribution in [2.75, 3.05) is 26.2 Å². The van der Waals surface area contributed by atoms with Gasteiger partial charge in [-0.1, -0.05) is 30.2 Å². The lowest BCUT2D eigenvalue weighted by atomic mass is 10.0. The third kappa shape index (κ3) is 3.42. The molecule has 2 heteroatoms. The minimum Gasteiger partial charge on any atom is -0.310 e. The summed E-state index contributed by atoms with van der Waals surface area (Å²) in [4.78, 5) is 2.64. The molecule has 1 fully saturated rings. The molecule has 20 heavy (non-hydrogen) atoms. The van der Waals surface area contributed by atoms with E-state index in [1.807, 2.05) is 0 Å². The molecule has 0 bridgehead atoms. The van der Waals surface area contributed by atoms with Crippen molar-refractivity contribution in [1.82, 2.24) is 10.2 Å². The molecule has 3 rings (SSSR count). The summed E-state index contributed by atoms with van der Waals surface area (Å²) in [6.45, 7) is 7.29. The number of nitrogens with zero attached hydrogens (tertiary/aromatic N) is 1. The summed E-state index contributed by atoms with van der Waals surface area (Å²) in [5.74, 6) is 0. The van der Waals surface area contributed by atoms with Crippen LogP contribution in [0.1, 0.15) is 54.8 Å². The Morgan fingerprint density at radius 2 is 2.05 bits per heavy atom. The fourth-order valence-corrected chi connectivity index (χ4v) is 3.70. The summed E-state index contributed by atoms with van der Waals surface area (Å²) in [6.07, 6.45) is 8.07. The van der Waals surface area contributed by atoms with Gasteiger partial charge in [-0.25, -0.2) is 0 Å². The van der Waals surface area contributed by atoms with Crippen LogP contribution < -0.4 is 5.32 Å². The van der Waals surface area contributed by atoms with Crippen molar-refractivity contribution in [3.05, 3.63) is 34.9 Å². The van der Waals surface area contributed by atoms with Gasteiger partial charge in [0.15, 0.2) is 0 Å². The van der Waals surface area contributed by atoms with E-state index in [1.54, 1.807) is 11.1 Å². The maximum Gasteiger partial charge on any atom is 0.0326 e. The van der Waals surface area contributed by atoms with Gasteiger partial charge < -0.3 is 10.2 Å². The zero-order chi connectivity index (χ0) is 13.8. The Morgan fingerprint density at radius 1 is 1.20 bits per heavy atom. The van der Waals surface area contributed by atoms with Gasteiger partial charge in [0.25, 0.3) is 0 Å². The third-order valence-electron chi connectivity index (χ3n) is 4.87. The molecule has 1 saturated heterocycles. The van der Waals surface area contributed by atoms with E-state index in [9.17, 15) is 0 Å². The van der Waals surface area contributed by atoms with Crippen LogP contribution in [0.25, 0.3) is 0 Å². The summed E-state index contributed by atoms with van der Waals surface area (Å²) < 4.78 is 0. The molecule has 1 unspecified atom stereocenters. The average Bonchev–Trinajstić information content (AvgIpc) is 2.87. The Balaban J connectivity index is 1.42. The lowest BCUT2D eigenvalue weighted by Gasteiger charge is -2.26. The molecule has 2 aliphatic rings. The van der Waals surface area contributed by atoms with Crippen LogP contribution in [0.4, 0.5) is 0 Å². The van der Waals surface area contributed by atoms with Gasteiger partial charge in [-0.3, -0.25) is 0 Å². The first kappa shape index (κ1) is 14.1. The first-order chi connectivity index (χ1) is 9.83. The first-order valence-electron chi connectivity index (χ1n) is 8.38. The topological polar surface area (TPSA) is 15.3 Å². The van der Waals surface area contributed by atoms with E-state index in [4.69, 9.17) is 0 Å². The molecule has 1 aliphatic heterocycles. The van der Waals surface area contributed by atoms with Crippen LogP contribution in [0, 0.1) is 6.92 Å². The molecule has 1 aromatic rings. The molecule has 0 radical (unpaired) electrons. The zero-order valence-electron chi connectivity index (χ0n) is 12.8. The number of hydrogen-bond donors (Lipinski definition) is 1. The number of fused-ring (bicyclic) bond motifs is 1. The van der Waals surface area contributed by atoms with Crippen molar-refractivity contribution in [3.8, 4) is 0 Å². The molecular weight excluding hydrogens is 244 g/mol. The third-order valence-corrected chi connectivity index (χ3v) is 4.87. The number of hydrogen-bond acceptors (Lipinski definition) is 2. The summed E-state index contributed by atoms with van der Waals surface area (Å²) in [7, 11) is 0. The summed E-state index contributed by atoms with van der Waals surface area (Å²) >= 11 is 0. The van der Waals surface area contributed by atoms with Gasteiger partial charge in [0.1, 0.15) is 0 Å². The molecule has 0 amide bonds. The Morgan fingerprint density at radius 3 is 2.90 bits per heavy atom. The highest BCUT2D eigenvalue weighted by atomic mass is 15.1. The van der Waals surface area contributed by atoms with Crippen molar-refractivity contribution in [3.63, 3.8) is 0 Å². The molecule has 2 nitrogen and oxygen atoms in total. The predicted octanol–water partition coefficient (Wildman–Crippen LogP) is 3.45. The van der Waals surface area contributed by atoms with Gasteiger partial charge in [-0.05, 0) is 76.3 Å². The standard InChI is InChI=1S/C18H28N2/c1-15-6-7-16-8-9-18(17(16)14-15)19-10-5-13-20-11-3-2-4-12-20/h6-7,14,18-19H,2-5,8-13H2,1H3. The molecule has 1 aliphatic carbocycles. The Kier molecular flexibility index (Phi) is 4.74. The number of aryl methyl sites for hydroxylation is 2. The molecule has 0 saturated carbocycles. The Hall–Kier alpha value is -0.860. The van der Waals surface area contributed by atoms with Crippen LogP contribution in [0.2, 0.25) is 0 Å². The molecule has 1 aromatic carbocycles. The SMILES string of the molecule is Cc1ccc2c(c1)C(NCCCN1CCCCC1)CC2. The van der Waals surface area contributed by atoms with Crippen LogP contribution in [0.15, 0.2) is 18.2 Å². The molecule has 1 heterocycles. The van der Waals surface area contributed by atoms with Gasteiger partial charge in [0.05, 0.1) is 0 Å². The number of likely N-dealkylation sites (tertiary alicyclic amines) is 1. The van der Waals surface area contributed by atoms with E-state index < -0.39 is 0 Å². The fraction of sp³-hybridized carbons (Fsp3) is 0.667. The van der Waals surface area contributed by atoms with E-state index in [1.165, 1.54) is 63.7 Å². The van der Waals surface area contributed by atoms with Crippen LogP contribution in [0.5, 0.6) is 0 Å². The Bertz CT molecular complexity index is 435. The van der Waals surface area contributed by atoms with E-state index in [2.05, 4.69) is 35.3 Å². The molecule has 110 valence electrons. The maximum atomic E-state index is 3.78. The van der Waals surface area contributed by atoms with Crippen molar-refractivity contribution >= 4 is 0 Å². The van der Waals surface area contributed by atoms with Gasteiger partial charge >= 0.3 is 0 Å². The second-order valence-electron chi connectivity index (χ2n) is 6.50. The number of benzene rings is 1. The average molecular weight is 272 g/mol. The predicted molar refractivity (Wildman–Crippen MR) is 85.2 cm³/mol. The largest absolute Gasteiger partial charge is 0.310 e. The highest BCUT2D eigenvalue weighted by molar-refractivity contribution is 5.37. The highest BCUT2D eigenvalue weighted by Gasteiger charge is 2.21. The van der Waals surface area contributed by atoms with Crippen molar-refractivity contribution in [2.45, 2.75) is 51.5 Å². The highest BCUT2D eigenvalue weighted by Crippen LogP contribution is 2.31. The molecule has 0 aromatic heterocycles. The lowest BCUT2D eigenvalue weighted by molar-refractivity contribution is 0.225. The monoisotopic (exact) mass is 272 g/mol. The van der Waals surface area contributed by atoms with E-state index >= 15 is 0 Å². The van der Waals surface area contributed by atoms with Crippen molar-refractivity contribution in [1.29, 1.82) is 0 Å². The van der Waals surface area contributed by atoms with Gasteiger partial charge in [0.2, 0.25) is 0 Å². The van der Waals surface area contributed by atoms with E-state index in [-0.39, 0.29) is 0 Å². The first-order valence-corrected chi connectivity index (χ1v) is 8.38. The van der Waals surface area contributed by atoms with Gasteiger partial charge in [-0.15, -0.1) is 0 Å². The van der Waals surface area contributed by atoms with Crippen LogP contribution in [-0.2, 0) is 6.42 Å². The quantitative estimate of drug-likeness (QED) is 0.826. The maximum absolute atomic E-state index is 3.78. The van der Waals surface area contributed by atoms with Crippen LogP contribution >= 0.6 is 0 Å². The van der Waals surface area contributed by atoms with Crippen molar-refractivity contribution < 1.29 is 0 Å². The molecule has 1 N–H and O–H groups in total. The van der Waals surface area contributed by atoms with E-state index in [0.29, 0.717) is 6.04 Å². The second kappa shape index (κ2) is 6.73. The second-order valence-corrected chi connectivity index (χ2v) is 6.50. The van der Waals surface area contributed by atoms with Gasteiger partial charge in [0, 0.05) is 6.04 Å². The number of nitrogens with one attached hydrogen (secondary N) is 1. The van der Waals surface area contributed by atoms with Crippen LogP contribution in [-0.4, -0.2) is 31.1 Å². The normalized spacial score (nSPS) is 22.9. The fourth-order valence-electron chi connectivity index (χ4n) is 3.70.